The number of rotatable bonds is 4. The van der Waals surface area contributed by atoms with Crippen LogP contribution < -0.4 is 0 Å². The average molecular weight is 323 g/mol. The lowest BCUT2D eigenvalue weighted by Gasteiger charge is -2.34. The van der Waals surface area contributed by atoms with Crippen molar-refractivity contribution in [2.24, 2.45) is 5.92 Å². The fourth-order valence-electron chi connectivity index (χ4n) is 3.26. The molecule has 5 nitrogen and oxygen atoms in total. The van der Waals surface area contributed by atoms with Crippen LogP contribution in [0.25, 0.3) is 0 Å². The molecule has 1 aliphatic heterocycles. The zero-order chi connectivity index (χ0) is 16.9. The Morgan fingerprint density at radius 2 is 2.04 bits per heavy atom. The van der Waals surface area contributed by atoms with E-state index in [1.54, 1.807) is 17.2 Å². The van der Waals surface area contributed by atoms with E-state index in [4.69, 9.17) is 5.26 Å². The van der Waals surface area contributed by atoms with Gasteiger partial charge in [0.25, 0.3) is 5.91 Å². The Morgan fingerprint density at radius 1 is 1.33 bits per heavy atom. The summed E-state index contributed by atoms with van der Waals surface area (Å²) < 4.78 is 0. The van der Waals surface area contributed by atoms with Crippen LogP contribution in [-0.2, 0) is 6.42 Å². The number of likely N-dealkylation sites (tertiary alicyclic amines) is 1. The maximum atomic E-state index is 12.4. The minimum atomic E-state index is -0.375. The van der Waals surface area contributed by atoms with Gasteiger partial charge in [-0.2, -0.15) is 5.26 Å². The molecular weight excluding hydrogens is 302 g/mol. The van der Waals surface area contributed by atoms with Gasteiger partial charge in [-0.25, -0.2) is 0 Å². The number of nitrogens with one attached hydrogen (secondary N) is 1. The Labute approximate surface area is 141 Å². The first-order valence-electron chi connectivity index (χ1n) is 8.27. The number of aliphatic hydroxyl groups is 1. The zero-order valence-corrected chi connectivity index (χ0v) is 13.5. The zero-order valence-electron chi connectivity index (χ0n) is 13.5. The van der Waals surface area contributed by atoms with Crippen molar-refractivity contribution in [1.82, 2.24) is 9.88 Å². The number of H-pyrrole nitrogens is 1. The van der Waals surface area contributed by atoms with E-state index in [0.717, 1.165) is 18.4 Å². The molecular formula is C19H21N3O2. The maximum Gasteiger partial charge on any atom is 0.270 e. The van der Waals surface area contributed by atoms with Crippen molar-refractivity contribution in [2.45, 2.75) is 25.4 Å². The van der Waals surface area contributed by atoms with Gasteiger partial charge in [-0.15, -0.1) is 0 Å². The van der Waals surface area contributed by atoms with E-state index in [1.165, 1.54) is 0 Å². The van der Waals surface area contributed by atoms with Crippen LogP contribution in [0.4, 0.5) is 0 Å². The molecule has 2 N–H and O–H groups in total. The number of aliphatic hydroxyl groups excluding tert-OH is 1. The molecule has 0 saturated carbocycles. The number of aromatic nitrogens is 1. The second-order valence-electron chi connectivity index (χ2n) is 6.30. The molecule has 124 valence electrons. The van der Waals surface area contributed by atoms with Gasteiger partial charge in [-0.1, -0.05) is 30.3 Å². The van der Waals surface area contributed by atoms with Gasteiger partial charge in [0.15, 0.2) is 0 Å². The van der Waals surface area contributed by atoms with Crippen molar-refractivity contribution in [1.29, 1.82) is 5.26 Å². The first-order valence-corrected chi connectivity index (χ1v) is 8.27. The number of carbonyl (C=O) groups excluding carboxylic acids is 1. The number of hydrogen-bond acceptors (Lipinski definition) is 3. The van der Waals surface area contributed by atoms with E-state index in [9.17, 15) is 9.90 Å². The Kier molecular flexibility index (Phi) is 4.97. The number of amides is 1. The van der Waals surface area contributed by atoms with Gasteiger partial charge in [0, 0.05) is 19.3 Å². The standard InChI is InChI=1S/C19H21N3O2/c20-12-15-10-17(21-13-15)19(24)22-8-6-16(7-9-22)18(23)11-14-4-2-1-3-5-14/h1-5,10,13,16,18,21,23H,6-9,11H2/t18-/m0/s1. The third kappa shape index (κ3) is 3.66. The summed E-state index contributed by atoms with van der Waals surface area (Å²) in [6.45, 7) is 1.27. The molecule has 0 aliphatic carbocycles. The van der Waals surface area contributed by atoms with Crippen molar-refractivity contribution in [3.8, 4) is 6.07 Å². The Bertz CT molecular complexity index is 725. The second-order valence-corrected chi connectivity index (χ2v) is 6.30. The summed E-state index contributed by atoms with van der Waals surface area (Å²) >= 11 is 0. The lowest BCUT2D eigenvalue weighted by molar-refractivity contribution is 0.0464. The minimum absolute atomic E-state index is 0.0764. The van der Waals surface area contributed by atoms with Crippen LogP contribution in [-0.4, -0.2) is 40.1 Å². The lowest BCUT2D eigenvalue weighted by atomic mass is 9.88. The highest BCUT2D eigenvalue weighted by Crippen LogP contribution is 2.24. The number of benzene rings is 1. The van der Waals surface area contributed by atoms with Crippen LogP contribution >= 0.6 is 0 Å². The molecule has 1 saturated heterocycles. The van der Waals surface area contributed by atoms with Crippen molar-refractivity contribution in [3.63, 3.8) is 0 Å². The van der Waals surface area contributed by atoms with Gasteiger partial charge < -0.3 is 15.0 Å². The van der Waals surface area contributed by atoms with E-state index < -0.39 is 0 Å². The smallest absolute Gasteiger partial charge is 0.270 e. The Balaban J connectivity index is 1.53. The largest absolute Gasteiger partial charge is 0.392 e. The van der Waals surface area contributed by atoms with E-state index in [1.807, 2.05) is 36.4 Å². The van der Waals surface area contributed by atoms with Gasteiger partial charge >= 0.3 is 0 Å². The Hall–Kier alpha value is -2.58. The van der Waals surface area contributed by atoms with E-state index >= 15 is 0 Å². The highest BCUT2D eigenvalue weighted by Gasteiger charge is 2.28. The fraction of sp³-hybridized carbons (Fsp3) is 0.368. The molecule has 1 atom stereocenters. The van der Waals surface area contributed by atoms with E-state index in [-0.39, 0.29) is 17.9 Å². The molecule has 5 heteroatoms. The fourth-order valence-corrected chi connectivity index (χ4v) is 3.26. The quantitative estimate of drug-likeness (QED) is 0.906. The Morgan fingerprint density at radius 3 is 2.67 bits per heavy atom. The number of nitrogens with zero attached hydrogens (tertiary/aromatic N) is 2. The highest BCUT2D eigenvalue weighted by molar-refractivity contribution is 5.92. The van der Waals surface area contributed by atoms with Gasteiger partial charge in [0.2, 0.25) is 0 Å². The van der Waals surface area contributed by atoms with Crippen LogP contribution in [0.2, 0.25) is 0 Å². The molecule has 1 fully saturated rings. The number of piperidine rings is 1. The van der Waals surface area contributed by atoms with Crippen molar-refractivity contribution in [3.05, 3.63) is 59.4 Å². The second kappa shape index (κ2) is 7.33. The van der Waals surface area contributed by atoms with Crippen LogP contribution in [0.3, 0.4) is 0 Å². The van der Waals surface area contributed by atoms with Crippen LogP contribution in [0.5, 0.6) is 0 Å². The summed E-state index contributed by atoms with van der Waals surface area (Å²) in [7, 11) is 0. The average Bonchev–Trinajstić information content (AvgIpc) is 3.11. The van der Waals surface area contributed by atoms with Gasteiger partial charge in [-0.05, 0) is 36.8 Å². The maximum absolute atomic E-state index is 12.4. The minimum Gasteiger partial charge on any atom is -0.392 e. The molecule has 0 bridgehead atoms. The van der Waals surface area contributed by atoms with E-state index in [2.05, 4.69) is 4.98 Å². The summed E-state index contributed by atoms with van der Waals surface area (Å²) in [5.74, 6) is 0.139. The lowest BCUT2D eigenvalue weighted by Crippen LogP contribution is -2.41. The topological polar surface area (TPSA) is 80.1 Å². The molecule has 1 aromatic carbocycles. The summed E-state index contributed by atoms with van der Waals surface area (Å²) in [6, 6.07) is 13.6. The summed E-state index contributed by atoms with van der Waals surface area (Å²) in [5.41, 5.74) is 2.06. The van der Waals surface area contributed by atoms with Crippen LogP contribution in [0.15, 0.2) is 42.6 Å². The van der Waals surface area contributed by atoms with Crippen molar-refractivity contribution >= 4 is 5.91 Å². The molecule has 24 heavy (non-hydrogen) atoms. The molecule has 1 aromatic heterocycles. The van der Waals surface area contributed by atoms with Gasteiger partial charge in [0.05, 0.1) is 11.7 Å². The van der Waals surface area contributed by atoms with Gasteiger partial charge in [-0.3, -0.25) is 4.79 Å². The number of nitriles is 1. The summed E-state index contributed by atoms with van der Waals surface area (Å²) in [6.07, 6.45) is 3.42. The summed E-state index contributed by atoms with van der Waals surface area (Å²) in [5, 5.41) is 19.3. The third-order valence-corrected chi connectivity index (χ3v) is 4.70. The third-order valence-electron chi connectivity index (χ3n) is 4.70. The predicted octanol–water partition coefficient (Wildman–Crippen LogP) is 2.34. The monoisotopic (exact) mass is 323 g/mol. The molecule has 1 amide bonds. The molecule has 0 spiro atoms. The normalized spacial score (nSPS) is 16.6. The molecule has 1 aliphatic rings. The van der Waals surface area contributed by atoms with Crippen molar-refractivity contribution in [2.75, 3.05) is 13.1 Å². The first-order chi connectivity index (χ1) is 11.7. The molecule has 2 heterocycles. The first kappa shape index (κ1) is 16.3. The van der Waals surface area contributed by atoms with E-state index in [0.29, 0.717) is 30.8 Å². The molecule has 3 rings (SSSR count). The van der Waals surface area contributed by atoms with Crippen LogP contribution in [0, 0.1) is 17.2 Å². The number of aromatic amines is 1. The molecule has 0 radical (unpaired) electrons. The molecule has 0 unspecified atom stereocenters. The highest BCUT2D eigenvalue weighted by atomic mass is 16.3. The summed E-state index contributed by atoms with van der Waals surface area (Å²) in [4.78, 5) is 17.1. The van der Waals surface area contributed by atoms with Gasteiger partial charge in [0.1, 0.15) is 11.8 Å². The predicted molar refractivity (Wildman–Crippen MR) is 90.3 cm³/mol. The SMILES string of the molecule is N#Cc1c[nH]c(C(=O)N2CCC([C@@H](O)Cc3ccccc3)CC2)c1. The number of carbonyl (C=O) groups is 1. The van der Waals surface area contributed by atoms with Crippen LogP contribution in [0.1, 0.15) is 34.5 Å². The van der Waals surface area contributed by atoms with Crippen molar-refractivity contribution < 1.29 is 9.90 Å². The number of hydrogen-bond donors (Lipinski definition) is 2. The molecule has 2 aromatic rings.